The van der Waals surface area contributed by atoms with E-state index in [4.69, 9.17) is 34.8 Å². The second kappa shape index (κ2) is 4.27. The summed E-state index contributed by atoms with van der Waals surface area (Å²) in [5.41, 5.74) is 0. The molecule has 0 amide bonds. The van der Waals surface area contributed by atoms with Gasteiger partial charge in [0.25, 0.3) is 6.47 Å². The van der Waals surface area contributed by atoms with Crippen LogP contribution >= 0.6 is 34.8 Å². The molecule has 0 aliphatic carbocycles. The van der Waals surface area contributed by atoms with Crippen LogP contribution in [0, 0.1) is 0 Å². The van der Waals surface area contributed by atoms with Crippen LogP contribution in [0.2, 0.25) is 0 Å². The van der Waals surface area contributed by atoms with E-state index in [-0.39, 0.29) is 6.47 Å². The van der Waals surface area contributed by atoms with Crippen molar-refractivity contribution in [3.05, 3.63) is 0 Å². The maximum absolute atomic E-state index is 9.82. The van der Waals surface area contributed by atoms with Gasteiger partial charge in [0, 0.05) is 0 Å². The van der Waals surface area contributed by atoms with Crippen LogP contribution in [0.5, 0.6) is 0 Å². The molecule has 0 fully saturated rings. The molecule has 0 rings (SSSR count). The number of rotatable bonds is 3. The highest BCUT2D eigenvalue weighted by Crippen LogP contribution is 2.33. The molecule has 0 heterocycles. The molecule has 0 N–H and O–H groups in total. The Bertz CT molecular complexity index is 110. The van der Waals surface area contributed by atoms with Gasteiger partial charge in [0.05, 0.1) is 0 Å². The Labute approximate surface area is 74.4 Å². The average molecular weight is 205 g/mol. The smallest absolute Gasteiger partial charge is 0.293 e. The second-order valence-corrected chi connectivity index (χ2v) is 4.04. The quantitative estimate of drug-likeness (QED) is 0.522. The molecule has 0 saturated carbocycles. The minimum Gasteiger partial charge on any atom is -0.460 e. The molecule has 1 atom stereocenters. The summed E-state index contributed by atoms with van der Waals surface area (Å²) in [5.74, 6) is 0. The lowest BCUT2D eigenvalue weighted by atomic mass is 10.3. The van der Waals surface area contributed by atoms with Crippen molar-refractivity contribution in [3.63, 3.8) is 0 Å². The maximum Gasteiger partial charge on any atom is 0.293 e. The largest absolute Gasteiger partial charge is 0.460 e. The molecule has 60 valence electrons. The van der Waals surface area contributed by atoms with Gasteiger partial charge in [0.2, 0.25) is 3.79 Å². The molecule has 0 aromatic rings. The van der Waals surface area contributed by atoms with Gasteiger partial charge >= 0.3 is 0 Å². The van der Waals surface area contributed by atoms with Gasteiger partial charge in [-0.2, -0.15) is 0 Å². The molecular weight excluding hydrogens is 198 g/mol. The Morgan fingerprint density at radius 1 is 1.60 bits per heavy atom. The lowest BCUT2D eigenvalue weighted by Crippen LogP contribution is -2.27. The minimum absolute atomic E-state index is 0.274. The van der Waals surface area contributed by atoms with Gasteiger partial charge in [-0.1, -0.05) is 41.7 Å². The fourth-order valence-corrected chi connectivity index (χ4v) is 1.09. The van der Waals surface area contributed by atoms with Gasteiger partial charge in [-0.05, 0) is 6.42 Å². The third-order valence-electron chi connectivity index (χ3n) is 0.956. The number of halogens is 3. The normalized spacial score (nSPS) is 14.4. The van der Waals surface area contributed by atoms with Gasteiger partial charge in [-0.25, -0.2) is 0 Å². The molecule has 0 aliphatic heterocycles. The van der Waals surface area contributed by atoms with Crippen molar-refractivity contribution in [1.29, 1.82) is 0 Å². The number of carbonyl (C=O) groups excluding carboxylic acids is 1. The molecule has 0 radical (unpaired) electrons. The lowest BCUT2D eigenvalue weighted by molar-refractivity contribution is -0.133. The number of alkyl halides is 3. The summed E-state index contributed by atoms with van der Waals surface area (Å²) in [6, 6.07) is 0. The molecule has 5 heteroatoms. The Morgan fingerprint density at radius 3 is 2.20 bits per heavy atom. The first kappa shape index (κ1) is 10.3. The van der Waals surface area contributed by atoms with Crippen molar-refractivity contribution in [2.75, 3.05) is 0 Å². The minimum atomic E-state index is -1.52. The molecule has 0 spiro atoms. The SMILES string of the molecule is CCC(OC=O)C(Cl)(Cl)Cl. The summed E-state index contributed by atoms with van der Waals surface area (Å²) >= 11 is 16.3. The third kappa shape index (κ3) is 3.49. The number of ether oxygens (including phenoxy) is 1. The molecule has 0 aliphatic rings. The van der Waals surface area contributed by atoms with E-state index in [1.165, 1.54) is 0 Å². The molecule has 0 saturated heterocycles. The zero-order chi connectivity index (χ0) is 8.20. The van der Waals surface area contributed by atoms with Crippen LogP contribution in [0.1, 0.15) is 13.3 Å². The Morgan fingerprint density at radius 2 is 2.10 bits per heavy atom. The topological polar surface area (TPSA) is 26.3 Å². The van der Waals surface area contributed by atoms with Crippen LogP contribution in [0.4, 0.5) is 0 Å². The highest BCUT2D eigenvalue weighted by Gasteiger charge is 2.32. The summed E-state index contributed by atoms with van der Waals surface area (Å²) in [4.78, 5) is 9.82. The molecule has 0 aromatic carbocycles. The predicted molar refractivity (Wildman–Crippen MR) is 41.5 cm³/mol. The van der Waals surface area contributed by atoms with E-state index >= 15 is 0 Å². The van der Waals surface area contributed by atoms with E-state index in [0.29, 0.717) is 6.42 Å². The Balaban J connectivity index is 3.92. The van der Waals surface area contributed by atoms with E-state index in [1.807, 2.05) is 0 Å². The van der Waals surface area contributed by atoms with Crippen LogP contribution in [0.25, 0.3) is 0 Å². The Kier molecular flexibility index (Phi) is 4.41. The van der Waals surface area contributed by atoms with Crippen molar-refractivity contribution >= 4 is 41.3 Å². The number of hydrogen-bond donors (Lipinski definition) is 0. The average Bonchev–Trinajstić information content (AvgIpc) is 1.80. The van der Waals surface area contributed by atoms with Crippen molar-refractivity contribution in [2.24, 2.45) is 0 Å². The lowest BCUT2D eigenvalue weighted by Gasteiger charge is -2.20. The van der Waals surface area contributed by atoms with Gasteiger partial charge in [0.1, 0.15) is 6.10 Å². The van der Waals surface area contributed by atoms with E-state index in [0.717, 1.165) is 0 Å². The van der Waals surface area contributed by atoms with Gasteiger partial charge < -0.3 is 4.74 Å². The summed E-state index contributed by atoms with van der Waals surface area (Å²) in [6.45, 7) is 2.03. The van der Waals surface area contributed by atoms with Gasteiger partial charge in [-0.15, -0.1) is 0 Å². The maximum atomic E-state index is 9.82. The monoisotopic (exact) mass is 204 g/mol. The van der Waals surface area contributed by atoms with Crippen LogP contribution in [-0.2, 0) is 9.53 Å². The van der Waals surface area contributed by atoms with E-state index < -0.39 is 9.90 Å². The van der Waals surface area contributed by atoms with E-state index in [2.05, 4.69) is 4.74 Å². The summed E-state index contributed by atoms with van der Waals surface area (Å²) < 4.78 is 2.96. The Hall–Kier alpha value is 0.340. The van der Waals surface area contributed by atoms with Crippen molar-refractivity contribution in [1.82, 2.24) is 0 Å². The van der Waals surface area contributed by atoms with E-state index in [1.54, 1.807) is 6.92 Å². The number of carbonyl (C=O) groups is 1. The van der Waals surface area contributed by atoms with Gasteiger partial charge in [0.15, 0.2) is 0 Å². The fourth-order valence-electron chi connectivity index (χ4n) is 0.472. The molecule has 10 heavy (non-hydrogen) atoms. The second-order valence-electron chi connectivity index (χ2n) is 1.67. The van der Waals surface area contributed by atoms with Crippen molar-refractivity contribution < 1.29 is 9.53 Å². The first-order valence-corrected chi connectivity index (χ1v) is 3.81. The van der Waals surface area contributed by atoms with E-state index in [9.17, 15) is 4.79 Å². The zero-order valence-corrected chi connectivity index (χ0v) is 7.58. The van der Waals surface area contributed by atoms with Crippen LogP contribution in [-0.4, -0.2) is 16.4 Å². The predicted octanol–water partition coefficient (Wildman–Crippen LogP) is 2.31. The first-order chi connectivity index (χ1) is 4.52. The highest BCUT2D eigenvalue weighted by atomic mass is 35.6. The van der Waals surface area contributed by atoms with Crippen molar-refractivity contribution in [2.45, 2.75) is 23.2 Å². The zero-order valence-electron chi connectivity index (χ0n) is 5.31. The summed E-state index contributed by atoms with van der Waals surface area (Å²) in [6.07, 6.45) is -0.176. The van der Waals surface area contributed by atoms with Crippen LogP contribution < -0.4 is 0 Å². The summed E-state index contributed by atoms with van der Waals surface area (Å²) in [7, 11) is 0. The molecule has 1 unspecified atom stereocenters. The molecular formula is C5H7Cl3O2. The van der Waals surface area contributed by atoms with Gasteiger partial charge in [-0.3, -0.25) is 4.79 Å². The summed E-state index contributed by atoms with van der Waals surface area (Å²) in [5, 5.41) is 0. The molecule has 2 nitrogen and oxygen atoms in total. The van der Waals surface area contributed by atoms with Crippen LogP contribution in [0.15, 0.2) is 0 Å². The number of hydrogen-bond acceptors (Lipinski definition) is 2. The van der Waals surface area contributed by atoms with Crippen LogP contribution in [0.3, 0.4) is 0 Å². The fraction of sp³-hybridized carbons (Fsp3) is 0.800. The first-order valence-electron chi connectivity index (χ1n) is 2.68. The molecule has 0 bridgehead atoms. The van der Waals surface area contributed by atoms with Crippen molar-refractivity contribution in [3.8, 4) is 0 Å². The molecule has 0 aromatic heterocycles. The third-order valence-corrected chi connectivity index (χ3v) is 1.69. The highest BCUT2D eigenvalue weighted by molar-refractivity contribution is 6.68. The standard InChI is InChI=1S/C5H7Cl3O2/c1-2-4(10-3-9)5(6,7)8/h3-4H,2H2,1H3.